The van der Waals surface area contributed by atoms with E-state index in [1.807, 2.05) is 6.07 Å². The van der Waals surface area contributed by atoms with Gasteiger partial charge in [-0.3, -0.25) is 9.78 Å². The first-order valence-corrected chi connectivity index (χ1v) is 9.11. The number of rotatable bonds is 6. The smallest absolute Gasteiger partial charge is 0.382 e. The third-order valence-electron chi connectivity index (χ3n) is 5.00. The molecule has 0 unspecified atom stereocenters. The second-order valence-electron chi connectivity index (χ2n) is 7.06. The fourth-order valence-electron chi connectivity index (χ4n) is 3.43. The molecule has 3 rings (SSSR count). The number of hydrogen-bond donors (Lipinski definition) is 2. The Morgan fingerprint density at radius 3 is 2.68 bits per heavy atom. The van der Waals surface area contributed by atoms with Gasteiger partial charge < -0.3 is 15.5 Å². The number of aromatic nitrogens is 1. The van der Waals surface area contributed by atoms with Crippen LogP contribution in [0.25, 0.3) is 16.3 Å². The molecule has 0 atom stereocenters. The summed E-state index contributed by atoms with van der Waals surface area (Å²) in [5.74, 6) is 0. The number of amides is 1. The lowest BCUT2D eigenvalue weighted by Gasteiger charge is -2.30. The zero-order valence-electron chi connectivity index (χ0n) is 15.6. The quantitative estimate of drug-likeness (QED) is 0.738. The number of nitrogens with one attached hydrogen (secondary N) is 2. The van der Waals surface area contributed by atoms with Crippen molar-refractivity contribution in [1.29, 1.82) is 0 Å². The highest BCUT2D eigenvalue weighted by Gasteiger charge is 2.35. The average molecular weight is 392 g/mol. The average Bonchev–Trinajstić information content (AvgIpc) is 2.66. The molecule has 1 fully saturated rings. The molecule has 0 bridgehead atoms. The number of allylic oxidation sites excluding steroid dienone is 1. The van der Waals surface area contributed by atoms with Gasteiger partial charge in [-0.1, -0.05) is 18.7 Å². The molecule has 1 aliphatic heterocycles. The third kappa shape index (κ3) is 4.44. The maximum absolute atomic E-state index is 13.3. The van der Waals surface area contributed by atoms with Crippen LogP contribution in [0, 0.1) is 0 Å². The molecule has 0 aliphatic carbocycles. The number of carbonyl (C=O) groups is 1. The molecule has 2 N–H and O–H groups in total. The summed E-state index contributed by atoms with van der Waals surface area (Å²) in [4.78, 5) is 17.0. The molecule has 1 aromatic heterocycles. The molecule has 0 radical (unpaired) electrons. The molecule has 1 aliphatic rings. The van der Waals surface area contributed by atoms with Crippen molar-refractivity contribution in [3.05, 3.63) is 42.2 Å². The maximum atomic E-state index is 13.3. The zero-order valence-corrected chi connectivity index (χ0v) is 15.6. The summed E-state index contributed by atoms with van der Waals surface area (Å²) >= 11 is 0. The first-order valence-electron chi connectivity index (χ1n) is 9.11. The number of likely N-dealkylation sites (tertiary alicyclic amines) is 1. The normalized spacial score (nSPS) is 16.1. The highest BCUT2D eigenvalue weighted by Crippen LogP contribution is 2.37. The fourth-order valence-corrected chi connectivity index (χ4v) is 3.43. The SMILES string of the molecule is C=C(c1nc(CNC=O)cc2c(NC3CCN(C)CC3)cccc12)C(F)(F)F. The summed E-state index contributed by atoms with van der Waals surface area (Å²) in [7, 11) is 2.07. The molecular formula is C20H23F3N4O. The summed E-state index contributed by atoms with van der Waals surface area (Å²) in [5, 5.41) is 6.96. The van der Waals surface area contributed by atoms with Crippen LogP contribution in [0.4, 0.5) is 18.9 Å². The lowest BCUT2D eigenvalue weighted by atomic mass is 10.00. The predicted octanol–water partition coefficient (Wildman–Crippen LogP) is 3.56. The Balaban J connectivity index is 2.05. The fraction of sp³-hybridized carbons (Fsp3) is 0.400. The summed E-state index contributed by atoms with van der Waals surface area (Å²) in [6.45, 7) is 5.19. The van der Waals surface area contributed by atoms with Gasteiger partial charge in [-0.05, 0) is 45.1 Å². The van der Waals surface area contributed by atoms with Crippen LogP contribution in [0.1, 0.15) is 24.2 Å². The largest absolute Gasteiger partial charge is 0.417 e. The number of nitrogens with zero attached hydrogens (tertiary/aromatic N) is 2. The van der Waals surface area contributed by atoms with Gasteiger partial charge in [0, 0.05) is 22.5 Å². The van der Waals surface area contributed by atoms with Crippen LogP contribution in [0.2, 0.25) is 0 Å². The van der Waals surface area contributed by atoms with Crippen LogP contribution >= 0.6 is 0 Å². The van der Waals surface area contributed by atoms with Gasteiger partial charge in [0.2, 0.25) is 6.41 Å². The number of hydrogen-bond acceptors (Lipinski definition) is 4. The Morgan fingerprint density at radius 2 is 2.04 bits per heavy atom. The molecule has 8 heteroatoms. The van der Waals surface area contributed by atoms with E-state index in [1.165, 1.54) is 0 Å². The van der Waals surface area contributed by atoms with Gasteiger partial charge in [-0.2, -0.15) is 13.2 Å². The van der Waals surface area contributed by atoms with E-state index in [2.05, 4.69) is 34.1 Å². The molecule has 0 saturated carbocycles. The molecule has 2 aromatic rings. The van der Waals surface area contributed by atoms with Crippen molar-refractivity contribution in [2.75, 3.05) is 25.5 Å². The van der Waals surface area contributed by atoms with Gasteiger partial charge >= 0.3 is 6.18 Å². The third-order valence-corrected chi connectivity index (χ3v) is 5.00. The first kappa shape index (κ1) is 20.1. The Hall–Kier alpha value is -2.61. The molecule has 1 saturated heterocycles. The summed E-state index contributed by atoms with van der Waals surface area (Å²) < 4.78 is 40.0. The van der Waals surface area contributed by atoms with Gasteiger partial charge in [0.1, 0.15) is 0 Å². The zero-order chi connectivity index (χ0) is 20.3. The van der Waals surface area contributed by atoms with Gasteiger partial charge in [-0.25, -0.2) is 0 Å². The number of carbonyl (C=O) groups excluding carboxylic acids is 1. The van der Waals surface area contributed by atoms with E-state index < -0.39 is 11.7 Å². The van der Waals surface area contributed by atoms with E-state index in [0.29, 0.717) is 22.9 Å². The minimum Gasteiger partial charge on any atom is -0.382 e. The Morgan fingerprint density at radius 1 is 1.32 bits per heavy atom. The lowest BCUT2D eigenvalue weighted by Crippen LogP contribution is -2.36. The molecule has 1 aromatic carbocycles. The van der Waals surface area contributed by atoms with Crippen LogP contribution in [0.5, 0.6) is 0 Å². The minimum absolute atomic E-state index is 0.0418. The number of fused-ring (bicyclic) bond motifs is 1. The number of benzene rings is 1. The van der Waals surface area contributed by atoms with Crippen molar-refractivity contribution in [2.24, 2.45) is 0 Å². The van der Waals surface area contributed by atoms with Gasteiger partial charge in [0.25, 0.3) is 0 Å². The number of halogens is 3. The molecule has 5 nitrogen and oxygen atoms in total. The van der Waals surface area contributed by atoms with E-state index in [0.717, 1.165) is 31.6 Å². The second kappa shape index (κ2) is 8.18. The molecule has 1 amide bonds. The maximum Gasteiger partial charge on any atom is 0.417 e. The monoisotopic (exact) mass is 392 g/mol. The van der Waals surface area contributed by atoms with Crippen molar-refractivity contribution in [3.8, 4) is 0 Å². The number of anilines is 1. The van der Waals surface area contributed by atoms with Crippen LogP contribution < -0.4 is 10.6 Å². The molecule has 28 heavy (non-hydrogen) atoms. The topological polar surface area (TPSA) is 57.3 Å². The van der Waals surface area contributed by atoms with Crippen molar-refractivity contribution in [2.45, 2.75) is 31.6 Å². The van der Waals surface area contributed by atoms with Crippen molar-refractivity contribution < 1.29 is 18.0 Å². The first-order chi connectivity index (χ1) is 13.3. The number of piperidine rings is 1. The van der Waals surface area contributed by atoms with Gasteiger partial charge in [-0.15, -0.1) is 0 Å². The number of pyridine rings is 1. The summed E-state index contributed by atoms with van der Waals surface area (Å²) in [5.41, 5.74) is -0.0997. The number of alkyl halides is 3. The van der Waals surface area contributed by atoms with E-state index in [4.69, 9.17) is 0 Å². The molecule has 2 heterocycles. The van der Waals surface area contributed by atoms with Crippen LogP contribution in [0.15, 0.2) is 30.8 Å². The van der Waals surface area contributed by atoms with Crippen molar-refractivity contribution in [3.63, 3.8) is 0 Å². The van der Waals surface area contributed by atoms with Crippen molar-refractivity contribution in [1.82, 2.24) is 15.2 Å². The molecule has 150 valence electrons. The van der Waals surface area contributed by atoms with E-state index in [1.54, 1.807) is 18.2 Å². The van der Waals surface area contributed by atoms with E-state index in [-0.39, 0.29) is 18.3 Å². The summed E-state index contributed by atoms with van der Waals surface area (Å²) in [6.07, 6.45) is -2.18. The van der Waals surface area contributed by atoms with Crippen LogP contribution in [-0.2, 0) is 11.3 Å². The Kier molecular flexibility index (Phi) is 5.88. The predicted molar refractivity (Wildman–Crippen MR) is 104 cm³/mol. The minimum atomic E-state index is -4.59. The Bertz CT molecular complexity index is 874. The van der Waals surface area contributed by atoms with Crippen LogP contribution in [-0.4, -0.2) is 48.6 Å². The van der Waals surface area contributed by atoms with Crippen molar-refractivity contribution >= 4 is 28.4 Å². The van der Waals surface area contributed by atoms with Gasteiger partial charge in [0.05, 0.1) is 23.5 Å². The summed E-state index contributed by atoms with van der Waals surface area (Å²) in [6, 6.07) is 7.16. The highest BCUT2D eigenvalue weighted by atomic mass is 19.4. The van der Waals surface area contributed by atoms with Gasteiger partial charge in [0.15, 0.2) is 0 Å². The highest BCUT2D eigenvalue weighted by molar-refractivity contribution is 6.00. The Labute approximate surface area is 161 Å². The second-order valence-corrected chi connectivity index (χ2v) is 7.06. The molecular weight excluding hydrogens is 369 g/mol. The van der Waals surface area contributed by atoms with E-state index >= 15 is 0 Å². The molecule has 0 spiro atoms. The van der Waals surface area contributed by atoms with Crippen LogP contribution in [0.3, 0.4) is 0 Å². The van der Waals surface area contributed by atoms with E-state index in [9.17, 15) is 18.0 Å². The lowest BCUT2D eigenvalue weighted by molar-refractivity contribution is -0.109. The standard InChI is InChI=1S/C20H23F3N4O/c1-13(20(21,22)23)19-16-4-3-5-18(25-14-6-8-27(2)9-7-14)17(16)10-15(26-19)11-24-12-28/h3-5,10,12,14,25H,1,6-9,11H2,2H3,(H,24,28).